The Balaban J connectivity index is 1.43. The van der Waals surface area contributed by atoms with Gasteiger partial charge in [-0.25, -0.2) is 8.78 Å². The summed E-state index contributed by atoms with van der Waals surface area (Å²) in [5.41, 5.74) is 1.84. The van der Waals surface area contributed by atoms with Crippen LogP contribution in [0.4, 0.5) is 14.5 Å². The molecule has 2 aliphatic heterocycles. The third kappa shape index (κ3) is 4.48. The molecule has 2 heterocycles. The summed E-state index contributed by atoms with van der Waals surface area (Å²) in [6, 6.07) is 6.11. The van der Waals surface area contributed by atoms with E-state index in [4.69, 9.17) is 4.74 Å². The third-order valence-corrected chi connectivity index (χ3v) is 6.73. The number of fused-ring (bicyclic) bond motifs is 2. The standard InChI is InChI=1S/C22H30F2N2O2/c1-15-2-3-20-19(12-15)25-21(27)13-16-6-10-26(14-17(16)7-11-28-20)18-4-8-22(23,24)9-5-18/h2-3,12,16-18H,4-11,13-14H2,1H3,(H,25,27)/t16-,17-/m0/s1. The largest absolute Gasteiger partial charge is 0.491 e. The molecule has 1 saturated heterocycles. The predicted octanol–water partition coefficient (Wildman–Crippen LogP) is 4.62. The Morgan fingerprint density at radius 2 is 1.93 bits per heavy atom. The first-order valence-electron chi connectivity index (χ1n) is 10.5. The molecule has 2 fully saturated rings. The Bertz CT molecular complexity index is 714. The Labute approximate surface area is 165 Å². The van der Waals surface area contributed by atoms with Gasteiger partial charge in [-0.15, -0.1) is 0 Å². The molecule has 4 nitrogen and oxygen atoms in total. The Hall–Kier alpha value is -1.69. The van der Waals surface area contributed by atoms with Crippen LogP contribution in [0, 0.1) is 18.8 Å². The molecule has 1 N–H and O–H groups in total. The van der Waals surface area contributed by atoms with Gasteiger partial charge in [0.05, 0.1) is 12.3 Å². The van der Waals surface area contributed by atoms with Crippen molar-refractivity contribution in [1.29, 1.82) is 0 Å². The molecule has 0 bridgehead atoms. The van der Waals surface area contributed by atoms with Crippen molar-refractivity contribution >= 4 is 11.6 Å². The molecule has 1 saturated carbocycles. The molecule has 4 rings (SSSR count). The fraction of sp³-hybridized carbons (Fsp3) is 0.682. The van der Waals surface area contributed by atoms with Gasteiger partial charge in [0, 0.05) is 31.8 Å². The number of ether oxygens (including phenoxy) is 1. The summed E-state index contributed by atoms with van der Waals surface area (Å²) >= 11 is 0. The van der Waals surface area contributed by atoms with Crippen molar-refractivity contribution in [2.24, 2.45) is 11.8 Å². The maximum absolute atomic E-state index is 13.5. The number of amides is 1. The zero-order chi connectivity index (χ0) is 19.7. The van der Waals surface area contributed by atoms with Crippen molar-refractivity contribution in [2.45, 2.75) is 63.8 Å². The van der Waals surface area contributed by atoms with E-state index < -0.39 is 5.92 Å². The van der Waals surface area contributed by atoms with Crippen LogP contribution in [0.2, 0.25) is 0 Å². The monoisotopic (exact) mass is 392 g/mol. The average molecular weight is 392 g/mol. The van der Waals surface area contributed by atoms with E-state index in [0.29, 0.717) is 37.7 Å². The quantitative estimate of drug-likeness (QED) is 0.758. The summed E-state index contributed by atoms with van der Waals surface area (Å²) in [6.07, 6.45) is 3.53. The van der Waals surface area contributed by atoms with Gasteiger partial charge in [0.2, 0.25) is 11.8 Å². The van der Waals surface area contributed by atoms with E-state index in [2.05, 4.69) is 10.2 Å². The summed E-state index contributed by atoms with van der Waals surface area (Å²) in [7, 11) is 0. The number of hydrogen-bond acceptors (Lipinski definition) is 3. The van der Waals surface area contributed by atoms with E-state index >= 15 is 0 Å². The number of nitrogens with zero attached hydrogens (tertiary/aromatic N) is 1. The lowest BCUT2D eigenvalue weighted by Crippen LogP contribution is -2.49. The van der Waals surface area contributed by atoms with Gasteiger partial charge in [0.25, 0.3) is 0 Å². The normalized spacial score (nSPS) is 29.2. The zero-order valence-electron chi connectivity index (χ0n) is 16.6. The van der Waals surface area contributed by atoms with Crippen LogP contribution >= 0.6 is 0 Å². The van der Waals surface area contributed by atoms with Crippen LogP contribution in [-0.2, 0) is 4.79 Å². The fourth-order valence-electron chi connectivity index (χ4n) is 5.05. The van der Waals surface area contributed by atoms with Crippen molar-refractivity contribution in [2.75, 3.05) is 25.0 Å². The minimum Gasteiger partial charge on any atom is -0.491 e. The molecule has 0 spiro atoms. The molecular weight excluding hydrogens is 362 g/mol. The maximum atomic E-state index is 13.5. The van der Waals surface area contributed by atoms with Gasteiger partial charge in [-0.3, -0.25) is 4.79 Å². The number of rotatable bonds is 1. The molecule has 0 radical (unpaired) electrons. The van der Waals surface area contributed by atoms with E-state index in [1.54, 1.807) is 0 Å². The number of carbonyl (C=O) groups excluding carboxylic acids is 1. The number of carbonyl (C=O) groups is 1. The lowest BCUT2D eigenvalue weighted by atomic mass is 9.79. The molecule has 3 aliphatic rings. The summed E-state index contributed by atoms with van der Waals surface area (Å²) in [4.78, 5) is 15.0. The number of halogens is 2. The number of piperidine rings is 1. The van der Waals surface area contributed by atoms with E-state index in [1.165, 1.54) is 0 Å². The molecular formula is C22H30F2N2O2. The fourth-order valence-corrected chi connectivity index (χ4v) is 5.05. The number of hydrogen-bond donors (Lipinski definition) is 1. The summed E-state index contributed by atoms with van der Waals surface area (Å²) in [6.45, 7) is 4.40. The highest BCUT2D eigenvalue weighted by atomic mass is 19.3. The highest BCUT2D eigenvalue weighted by molar-refractivity contribution is 5.92. The van der Waals surface area contributed by atoms with Crippen LogP contribution in [0.25, 0.3) is 0 Å². The molecule has 0 unspecified atom stereocenters. The summed E-state index contributed by atoms with van der Waals surface area (Å²) < 4.78 is 33.0. The summed E-state index contributed by atoms with van der Waals surface area (Å²) in [5, 5.41) is 3.03. The Morgan fingerprint density at radius 1 is 1.14 bits per heavy atom. The van der Waals surface area contributed by atoms with Crippen LogP contribution in [0.15, 0.2) is 18.2 Å². The molecule has 6 heteroatoms. The lowest BCUT2D eigenvalue weighted by molar-refractivity contribution is -0.118. The molecule has 1 aromatic carbocycles. The number of anilines is 1. The van der Waals surface area contributed by atoms with Crippen LogP contribution in [0.5, 0.6) is 5.75 Å². The molecule has 1 aliphatic carbocycles. The topological polar surface area (TPSA) is 41.6 Å². The molecule has 0 aromatic heterocycles. The number of alkyl halides is 2. The minimum absolute atomic E-state index is 0.00395. The van der Waals surface area contributed by atoms with Crippen LogP contribution in [0.3, 0.4) is 0 Å². The van der Waals surface area contributed by atoms with Gasteiger partial charge in [-0.1, -0.05) is 6.07 Å². The van der Waals surface area contributed by atoms with Gasteiger partial charge < -0.3 is 15.0 Å². The van der Waals surface area contributed by atoms with Crippen molar-refractivity contribution in [3.63, 3.8) is 0 Å². The molecule has 154 valence electrons. The zero-order valence-corrected chi connectivity index (χ0v) is 16.6. The SMILES string of the molecule is Cc1ccc2c(c1)NC(=O)C[C@@H]1CCN(C3CCC(F)(F)CC3)C[C@@H]1CCO2. The van der Waals surface area contributed by atoms with E-state index in [9.17, 15) is 13.6 Å². The molecule has 2 atom stereocenters. The molecule has 28 heavy (non-hydrogen) atoms. The van der Waals surface area contributed by atoms with Gasteiger partial charge in [-0.05, 0) is 68.7 Å². The van der Waals surface area contributed by atoms with Crippen LogP contribution in [0.1, 0.15) is 50.5 Å². The Kier molecular flexibility index (Phi) is 5.59. The second kappa shape index (κ2) is 7.97. The first-order chi connectivity index (χ1) is 13.4. The van der Waals surface area contributed by atoms with Crippen LogP contribution < -0.4 is 10.1 Å². The van der Waals surface area contributed by atoms with Crippen molar-refractivity contribution in [3.8, 4) is 5.75 Å². The van der Waals surface area contributed by atoms with Gasteiger partial charge >= 0.3 is 0 Å². The van der Waals surface area contributed by atoms with E-state index in [-0.39, 0.29) is 24.8 Å². The highest BCUT2D eigenvalue weighted by Crippen LogP contribution is 2.39. The number of nitrogens with one attached hydrogen (secondary N) is 1. The van der Waals surface area contributed by atoms with Crippen molar-refractivity contribution in [1.82, 2.24) is 4.90 Å². The van der Waals surface area contributed by atoms with Gasteiger partial charge in [0.1, 0.15) is 5.75 Å². The van der Waals surface area contributed by atoms with E-state index in [0.717, 1.165) is 42.9 Å². The van der Waals surface area contributed by atoms with Crippen LogP contribution in [-0.4, -0.2) is 42.5 Å². The second-order valence-corrected chi connectivity index (χ2v) is 8.78. The lowest BCUT2D eigenvalue weighted by Gasteiger charge is -2.44. The average Bonchev–Trinajstić information content (AvgIpc) is 2.64. The summed E-state index contributed by atoms with van der Waals surface area (Å²) in [5.74, 6) is -1.02. The number of aryl methyl sites for hydroxylation is 1. The number of likely N-dealkylation sites (tertiary alicyclic amines) is 1. The van der Waals surface area contributed by atoms with E-state index in [1.807, 2.05) is 25.1 Å². The third-order valence-electron chi connectivity index (χ3n) is 6.73. The second-order valence-electron chi connectivity index (χ2n) is 8.78. The minimum atomic E-state index is -2.48. The highest BCUT2D eigenvalue weighted by Gasteiger charge is 2.40. The van der Waals surface area contributed by atoms with Crippen molar-refractivity contribution < 1.29 is 18.3 Å². The first-order valence-corrected chi connectivity index (χ1v) is 10.5. The maximum Gasteiger partial charge on any atom is 0.248 e. The van der Waals surface area contributed by atoms with Crippen molar-refractivity contribution in [3.05, 3.63) is 23.8 Å². The first kappa shape index (κ1) is 19.6. The molecule has 1 aromatic rings. The van der Waals surface area contributed by atoms with Gasteiger partial charge in [0.15, 0.2) is 0 Å². The Morgan fingerprint density at radius 3 is 2.71 bits per heavy atom. The smallest absolute Gasteiger partial charge is 0.248 e. The molecule has 1 amide bonds. The predicted molar refractivity (Wildman–Crippen MR) is 105 cm³/mol. The number of benzene rings is 1. The van der Waals surface area contributed by atoms with Gasteiger partial charge in [-0.2, -0.15) is 0 Å².